The van der Waals surface area contributed by atoms with Gasteiger partial charge in [0.1, 0.15) is 5.75 Å². The summed E-state index contributed by atoms with van der Waals surface area (Å²) in [4.78, 5) is 0. The fourth-order valence-electron chi connectivity index (χ4n) is 5.17. The van der Waals surface area contributed by atoms with E-state index in [4.69, 9.17) is 15.8 Å². The zero-order valence-corrected chi connectivity index (χ0v) is 13.7. The van der Waals surface area contributed by atoms with Gasteiger partial charge < -0.3 is 4.52 Å². The summed E-state index contributed by atoms with van der Waals surface area (Å²) in [5.41, 5.74) is -0.0548. The molecule has 0 aliphatic heterocycles. The Kier molecular flexibility index (Phi) is 3.37. The van der Waals surface area contributed by atoms with Crippen LogP contribution in [0, 0.1) is 17.8 Å². The summed E-state index contributed by atoms with van der Waals surface area (Å²) in [6, 6.07) is 9.19. The largest absolute Gasteiger partial charge is 0.422 e. The van der Waals surface area contributed by atoms with Gasteiger partial charge in [0.2, 0.25) is 0 Å². The fraction of sp³-hybridized carbons (Fsp3) is 0.625. The lowest BCUT2D eigenvalue weighted by Gasteiger charge is -2.57. The first kappa shape index (κ1) is 14.1. The van der Waals surface area contributed by atoms with Crippen molar-refractivity contribution in [2.45, 2.75) is 44.1 Å². The molecule has 4 fully saturated rings. The molecule has 4 saturated carbocycles. The van der Waals surface area contributed by atoms with E-state index in [1.807, 2.05) is 18.2 Å². The number of rotatable bonds is 4. The fourth-order valence-corrected chi connectivity index (χ4v) is 7.23. The first-order valence-corrected chi connectivity index (χ1v) is 10.4. The molecule has 1 aromatic rings. The second-order valence-electron chi connectivity index (χ2n) is 7.19. The predicted molar refractivity (Wildman–Crippen MR) is 84.6 cm³/mol. The van der Waals surface area contributed by atoms with Crippen molar-refractivity contribution in [3.05, 3.63) is 30.3 Å². The number of para-hydroxylation sites is 1. The van der Waals surface area contributed by atoms with Crippen molar-refractivity contribution in [2.24, 2.45) is 17.8 Å². The summed E-state index contributed by atoms with van der Waals surface area (Å²) in [5.74, 6) is 2.93. The topological polar surface area (TPSA) is 38.3 Å². The summed E-state index contributed by atoms with van der Waals surface area (Å²) < 4.78 is 18.3. The van der Waals surface area contributed by atoms with Gasteiger partial charge in [-0.05, 0) is 68.4 Å². The summed E-state index contributed by atoms with van der Waals surface area (Å²) in [6.45, 7) is -3.34. The Bertz CT molecular complexity index is 542. The molecular formula is C16H21ClNO2P. The van der Waals surface area contributed by atoms with Gasteiger partial charge in [-0.2, -0.15) is 0 Å². The smallest absolute Gasteiger partial charge is 0.409 e. The molecular weight excluding hydrogens is 305 g/mol. The van der Waals surface area contributed by atoms with E-state index in [-0.39, 0.29) is 5.54 Å². The first-order valence-electron chi connectivity index (χ1n) is 7.86. The van der Waals surface area contributed by atoms with Crippen LogP contribution in [0.2, 0.25) is 0 Å². The summed E-state index contributed by atoms with van der Waals surface area (Å²) in [6.07, 6.45) is 7.38. The Morgan fingerprint density at radius 1 is 1.05 bits per heavy atom. The molecule has 5 rings (SSSR count). The van der Waals surface area contributed by atoms with E-state index in [1.54, 1.807) is 12.1 Å². The Balaban J connectivity index is 1.51. The van der Waals surface area contributed by atoms with Crippen LogP contribution in [0.4, 0.5) is 0 Å². The molecule has 1 N–H and O–H groups in total. The molecule has 0 radical (unpaired) electrons. The van der Waals surface area contributed by atoms with E-state index in [0.717, 1.165) is 37.0 Å². The van der Waals surface area contributed by atoms with Crippen LogP contribution >= 0.6 is 18.1 Å². The minimum atomic E-state index is -3.34. The van der Waals surface area contributed by atoms with Crippen LogP contribution < -0.4 is 9.61 Å². The van der Waals surface area contributed by atoms with E-state index >= 15 is 0 Å². The van der Waals surface area contributed by atoms with Gasteiger partial charge in [0, 0.05) is 16.8 Å². The Labute approximate surface area is 130 Å². The first-order chi connectivity index (χ1) is 10.0. The van der Waals surface area contributed by atoms with Gasteiger partial charge in [-0.25, -0.2) is 9.65 Å². The van der Waals surface area contributed by atoms with Gasteiger partial charge in [0.15, 0.2) is 0 Å². The van der Waals surface area contributed by atoms with Gasteiger partial charge in [-0.3, -0.25) is 0 Å². The molecule has 4 aliphatic rings. The van der Waals surface area contributed by atoms with Crippen molar-refractivity contribution < 1.29 is 9.09 Å². The molecule has 5 heteroatoms. The molecule has 114 valence electrons. The van der Waals surface area contributed by atoms with Crippen LogP contribution in [0.1, 0.15) is 38.5 Å². The van der Waals surface area contributed by atoms with E-state index in [2.05, 4.69) is 5.09 Å². The number of halogens is 1. The third kappa shape index (κ3) is 2.88. The Morgan fingerprint density at radius 2 is 1.57 bits per heavy atom. The molecule has 1 unspecified atom stereocenters. The molecule has 3 nitrogen and oxygen atoms in total. The second kappa shape index (κ2) is 5.01. The van der Waals surface area contributed by atoms with Crippen LogP contribution in [-0.2, 0) is 4.57 Å². The number of benzene rings is 1. The summed E-state index contributed by atoms with van der Waals surface area (Å²) in [7, 11) is 0. The maximum absolute atomic E-state index is 12.7. The van der Waals surface area contributed by atoms with Crippen molar-refractivity contribution >= 4 is 18.1 Å². The predicted octanol–water partition coefficient (Wildman–Crippen LogP) is 4.97. The molecule has 0 heterocycles. The number of nitrogens with one attached hydrogen (secondary N) is 1. The zero-order chi connectivity index (χ0) is 14.5. The quantitative estimate of drug-likeness (QED) is 0.794. The molecule has 4 aliphatic carbocycles. The second-order valence-corrected chi connectivity index (χ2v) is 9.89. The average Bonchev–Trinajstić information content (AvgIpc) is 2.35. The molecule has 0 spiro atoms. The normalized spacial score (nSPS) is 40.0. The maximum Gasteiger partial charge on any atom is 0.409 e. The highest BCUT2D eigenvalue weighted by atomic mass is 35.7. The lowest BCUT2D eigenvalue weighted by Crippen LogP contribution is -2.57. The molecule has 21 heavy (non-hydrogen) atoms. The Morgan fingerprint density at radius 3 is 2.10 bits per heavy atom. The third-order valence-corrected chi connectivity index (χ3v) is 7.02. The van der Waals surface area contributed by atoms with Crippen LogP contribution in [0.3, 0.4) is 0 Å². The molecule has 1 aromatic carbocycles. The third-order valence-electron chi connectivity index (χ3n) is 5.37. The van der Waals surface area contributed by atoms with Crippen LogP contribution in [-0.4, -0.2) is 5.54 Å². The number of hydrogen-bond donors (Lipinski definition) is 1. The van der Waals surface area contributed by atoms with Gasteiger partial charge in [-0.15, -0.1) is 0 Å². The van der Waals surface area contributed by atoms with Crippen molar-refractivity contribution in [1.29, 1.82) is 0 Å². The van der Waals surface area contributed by atoms with Crippen molar-refractivity contribution in [3.63, 3.8) is 0 Å². The summed E-state index contributed by atoms with van der Waals surface area (Å²) >= 11 is 6.23. The molecule has 4 bridgehead atoms. The lowest BCUT2D eigenvalue weighted by molar-refractivity contribution is -0.00907. The standard InChI is InChI=1S/C16H21ClNO2P/c17-21(19,20-15-4-2-1-3-5-15)18-16-9-12-6-13(10-16)8-14(7-12)11-16/h1-5,12-14H,6-11H2,(H,18,19). The van der Waals surface area contributed by atoms with Crippen LogP contribution in [0.5, 0.6) is 5.75 Å². The van der Waals surface area contributed by atoms with E-state index in [1.165, 1.54) is 19.3 Å². The molecule has 0 amide bonds. The van der Waals surface area contributed by atoms with E-state index in [0.29, 0.717) is 5.75 Å². The minimum Gasteiger partial charge on any atom is -0.422 e. The SMILES string of the molecule is O=P(Cl)(NC12CC3CC(CC(C3)C1)C2)Oc1ccccc1. The van der Waals surface area contributed by atoms with E-state index < -0.39 is 6.87 Å². The number of hydrogen-bond acceptors (Lipinski definition) is 2. The average molecular weight is 326 g/mol. The van der Waals surface area contributed by atoms with Gasteiger partial charge in [0.05, 0.1) is 0 Å². The van der Waals surface area contributed by atoms with Crippen molar-refractivity contribution in [1.82, 2.24) is 5.09 Å². The van der Waals surface area contributed by atoms with Gasteiger partial charge in [0.25, 0.3) is 0 Å². The monoisotopic (exact) mass is 325 g/mol. The minimum absolute atomic E-state index is 0.0548. The van der Waals surface area contributed by atoms with Crippen molar-refractivity contribution in [2.75, 3.05) is 0 Å². The lowest BCUT2D eigenvalue weighted by atomic mass is 9.53. The molecule has 1 atom stereocenters. The molecule has 0 aromatic heterocycles. The Hall–Kier alpha value is -0.500. The van der Waals surface area contributed by atoms with Gasteiger partial charge in [-0.1, -0.05) is 18.2 Å². The highest BCUT2D eigenvalue weighted by Gasteiger charge is 2.53. The van der Waals surface area contributed by atoms with Crippen LogP contribution in [0.15, 0.2) is 30.3 Å². The van der Waals surface area contributed by atoms with Crippen LogP contribution in [0.25, 0.3) is 0 Å². The highest BCUT2D eigenvalue weighted by Crippen LogP contribution is 2.60. The van der Waals surface area contributed by atoms with Crippen molar-refractivity contribution in [3.8, 4) is 5.75 Å². The van der Waals surface area contributed by atoms with E-state index in [9.17, 15) is 4.57 Å². The van der Waals surface area contributed by atoms with Gasteiger partial charge >= 0.3 is 6.87 Å². The maximum atomic E-state index is 12.7. The molecule has 0 saturated heterocycles. The zero-order valence-electron chi connectivity index (χ0n) is 12.0. The summed E-state index contributed by atoms with van der Waals surface area (Å²) in [5, 5.41) is 3.25. The highest BCUT2D eigenvalue weighted by molar-refractivity contribution is 7.84.